The minimum atomic E-state index is -0.627. The van der Waals surface area contributed by atoms with Crippen LogP contribution in [0, 0.1) is 5.82 Å². The number of ether oxygens (including phenoxy) is 2. The van der Waals surface area contributed by atoms with Gasteiger partial charge in [0.1, 0.15) is 17.1 Å². The summed E-state index contributed by atoms with van der Waals surface area (Å²) in [5.41, 5.74) is 1.21. The molecule has 2 aromatic rings. The summed E-state index contributed by atoms with van der Waals surface area (Å²) < 4.78 is 25.1. The summed E-state index contributed by atoms with van der Waals surface area (Å²) in [6.07, 6.45) is 1.36. The van der Waals surface area contributed by atoms with Gasteiger partial charge in [0.15, 0.2) is 5.11 Å². The largest absolute Gasteiger partial charge is 0.497 e. The monoisotopic (exact) mass is 441 g/mol. The maximum atomic E-state index is 14.7. The SMILES string of the molecule is COc1ccc(N2C(=O)/C(=C/c3ccc(N4CCOCC4)c(F)c3)C(=O)NC2=S)cc1. The van der Waals surface area contributed by atoms with Gasteiger partial charge in [0.25, 0.3) is 11.8 Å². The summed E-state index contributed by atoms with van der Waals surface area (Å²) >= 11 is 5.19. The number of morpholine rings is 1. The molecule has 31 heavy (non-hydrogen) atoms. The first kappa shape index (κ1) is 21.0. The Morgan fingerprint density at radius 2 is 1.84 bits per heavy atom. The maximum absolute atomic E-state index is 14.7. The number of anilines is 2. The van der Waals surface area contributed by atoms with Crippen LogP contribution in [0.2, 0.25) is 0 Å². The average Bonchev–Trinajstić information content (AvgIpc) is 2.77. The van der Waals surface area contributed by atoms with Crippen LogP contribution in [0.3, 0.4) is 0 Å². The van der Waals surface area contributed by atoms with E-state index in [2.05, 4.69) is 5.32 Å². The van der Waals surface area contributed by atoms with Gasteiger partial charge < -0.3 is 14.4 Å². The molecule has 0 bridgehead atoms. The van der Waals surface area contributed by atoms with E-state index in [9.17, 15) is 14.0 Å². The standard InChI is InChI=1S/C22H20FN3O4S/c1-29-16-5-3-15(4-6-16)26-21(28)17(20(27)24-22(26)31)12-14-2-7-19(18(23)13-14)25-8-10-30-11-9-25/h2-7,12-13H,8-11H2,1H3,(H,24,27,31)/b17-12+. The Morgan fingerprint density at radius 1 is 1.13 bits per heavy atom. The third kappa shape index (κ3) is 4.28. The lowest BCUT2D eigenvalue weighted by molar-refractivity contribution is -0.122. The number of amides is 2. The zero-order valence-electron chi connectivity index (χ0n) is 16.8. The van der Waals surface area contributed by atoms with Gasteiger partial charge in [-0.3, -0.25) is 19.8 Å². The topological polar surface area (TPSA) is 71.1 Å². The fraction of sp³-hybridized carbons (Fsp3) is 0.227. The van der Waals surface area contributed by atoms with Gasteiger partial charge in [0, 0.05) is 13.1 Å². The highest BCUT2D eigenvalue weighted by Gasteiger charge is 2.34. The highest BCUT2D eigenvalue weighted by Crippen LogP contribution is 2.26. The van der Waals surface area contributed by atoms with Crippen molar-refractivity contribution in [2.24, 2.45) is 0 Å². The summed E-state index contributed by atoms with van der Waals surface area (Å²) in [4.78, 5) is 28.6. The first-order chi connectivity index (χ1) is 15.0. The number of halogens is 1. The fourth-order valence-corrected chi connectivity index (χ4v) is 3.74. The van der Waals surface area contributed by atoms with Gasteiger partial charge in [-0.05, 0) is 60.3 Å². The predicted octanol–water partition coefficient (Wildman–Crippen LogP) is 2.50. The molecule has 9 heteroatoms. The highest BCUT2D eigenvalue weighted by atomic mass is 32.1. The molecule has 2 saturated heterocycles. The van der Waals surface area contributed by atoms with Crippen LogP contribution in [-0.4, -0.2) is 50.3 Å². The molecule has 1 N–H and O–H groups in total. The normalized spacial score (nSPS) is 18.4. The van der Waals surface area contributed by atoms with E-state index in [0.717, 1.165) is 0 Å². The third-order valence-electron chi connectivity index (χ3n) is 5.07. The summed E-state index contributed by atoms with van der Waals surface area (Å²) in [5, 5.41) is 2.50. The second-order valence-corrected chi connectivity index (χ2v) is 7.35. The van der Waals surface area contributed by atoms with Crippen molar-refractivity contribution in [1.29, 1.82) is 0 Å². The van der Waals surface area contributed by atoms with Crippen molar-refractivity contribution in [3.05, 3.63) is 59.4 Å². The fourth-order valence-electron chi connectivity index (χ4n) is 3.46. The molecule has 4 rings (SSSR count). The molecule has 2 aromatic carbocycles. The molecule has 7 nitrogen and oxygen atoms in total. The number of nitrogens with zero attached hydrogens (tertiary/aromatic N) is 2. The van der Waals surface area contributed by atoms with Gasteiger partial charge in [0.05, 0.1) is 31.7 Å². The van der Waals surface area contributed by atoms with Gasteiger partial charge in [0.2, 0.25) is 0 Å². The summed E-state index contributed by atoms with van der Waals surface area (Å²) in [6, 6.07) is 11.3. The number of hydrogen-bond acceptors (Lipinski definition) is 6. The van der Waals surface area contributed by atoms with Gasteiger partial charge in [-0.2, -0.15) is 0 Å². The molecule has 160 valence electrons. The predicted molar refractivity (Wildman–Crippen MR) is 119 cm³/mol. The molecule has 0 spiro atoms. The second kappa shape index (κ2) is 8.83. The van der Waals surface area contributed by atoms with E-state index in [1.165, 1.54) is 24.2 Å². The van der Waals surface area contributed by atoms with Crippen LogP contribution in [0.5, 0.6) is 5.75 Å². The Labute approximate surface area is 184 Å². The van der Waals surface area contributed by atoms with Crippen molar-refractivity contribution >= 4 is 46.6 Å². The first-order valence-electron chi connectivity index (χ1n) is 9.65. The summed E-state index contributed by atoms with van der Waals surface area (Å²) in [5.74, 6) is -1.02. The van der Waals surface area contributed by atoms with Crippen LogP contribution < -0.4 is 19.9 Å². The molecule has 0 saturated carbocycles. The van der Waals surface area contributed by atoms with Crippen molar-refractivity contribution in [3.63, 3.8) is 0 Å². The van der Waals surface area contributed by atoms with E-state index in [0.29, 0.717) is 49.0 Å². The molecule has 0 aliphatic carbocycles. The minimum Gasteiger partial charge on any atom is -0.497 e. The molecule has 2 aliphatic heterocycles. The summed E-state index contributed by atoms with van der Waals surface area (Å²) in [6.45, 7) is 2.29. The smallest absolute Gasteiger partial charge is 0.270 e. The minimum absolute atomic E-state index is 0.0221. The Bertz CT molecular complexity index is 1060. The lowest BCUT2D eigenvalue weighted by Crippen LogP contribution is -2.54. The zero-order chi connectivity index (χ0) is 22.0. The van der Waals surface area contributed by atoms with E-state index in [-0.39, 0.29) is 10.7 Å². The van der Waals surface area contributed by atoms with E-state index in [1.54, 1.807) is 36.4 Å². The molecule has 0 aromatic heterocycles. The quantitative estimate of drug-likeness (QED) is 0.447. The van der Waals surface area contributed by atoms with Crippen LogP contribution in [-0.2, 0) is 14.3 Å². The van der Waals surface area contributed by atoms with Crippen molar-refractivity contribution in [1.82, 2.24) is 5.32 Å². The van der Waals surface area contributed by atoms with Crippen LogP contribution in [0.25, 0.3) is 6.08 Å². The van der Waals surface area contributed by atoms with Gasteiger partial charge in [-0.25, -0.2) is 4.39 Å². The molecule has 2 heterocycles. The van der Waals surface area contributed by atoms with E-state index < -0.39 is 17.6 Å². The van der Waals surface area contributed by atoms with Crippen molar-refractivity contribution in [2.75, 3.05) is 43.2 Å². The Morgan fingerprint density at radius 3 is 2.48 bits per heavy atom. The third-order valence-corrected chi connectivity index (χ3v) is 5.35. The lowest BCUT2D eigenvalue weighted by atomic mass is 10.1. The van der Waals surface area contributed by atoms with Crippen molar-refractivity contribution in [3.8, 4) is 5.75 Å². The molecule has 2 amide bonds. The zero-order valence-corrected chi connectivity index (χ0v) is 17.6. The van der Waals surface area contributed by atoms with Gasteiger partial charge in [-0.1, -0.05) is 6.07 Å². The van der Waals surface area contributed by atoms with Gasteiger partial charge >= 0.3 is 0 Å². The lowest BCUT2D eigenvalue weighted by Gasteiger charge is -2.29. The Hall–Kier alpha value is -3.30. The number of methoxy groups -OCH3 is 1. The maximum Gasteiger partial charge on any atom is 0.270 e. The highest BCUT2D eigenvalue weighted by molar-refractivity contribution is 7.80. The molecule has 2 fully saturated rings. The van der Waals surface area contributed by atoms with Crippen molar-refractivity contribution < 1.29 is 23.5 Å². The number of carbonyl (C=O) groups excluding carboxylic acids is 2. The Kier molecular flexibility index (Phi) is 5.97. The number of nitrogens with one attached hydrogen (secondary N) is 1. The molecular formula is C22H20FN3O4S. The molecule has 0 radical (unpaired) electrons. The number of thiocarbonyl (C=S) groups is 1. The van der Waals surface area contributed by atoms with Crippen molar-refractivity contribution in [2.45, 2.75) is 0 Å². The van der Waals surface area contributed by atoms with Crippen LogP contribution in [0.1, 0.15) is 5.56 Å². The molecule has 2 aliphatic rings. The Balaban J connectivity index is 1.62. The summed E-state index contributed by atoms with van der Waals surface area (Å²) in [7, 11) is 1.54. The average molecular weight is 441 g/mol. The van der Waals surface area contributed by atoms with E-state index in [1.807, 2.05) is 4.90 Å². The van der Waals surface area contributed by atoms with E-state index in [4.69, 9.17) is 21.7 Å². The van der Waals surface area contributed by atoms with Crippen LogP contribution in [0.4, 0.5) is 15.8 Å². The number of benzene rings is 2. The molecule has 0 atom stereocenters. The molecule has 0 unspecified atom stereocenters. The first-order valence-corrected chi connectivity index (χ1v) is 10.1. The van der Waals surface area contributed by atoms with Crippen LogP contribution >= 0.6 is 12.2 Å². The van der Waals surface area contributed by atoms with Gasteiger partial charge in [-0.15, -0.1) is 0 Å². The molecular weight excluding hydrogens is 421 g/mol. The number of carbonyl (C=O) groups is 2. The number of hydrogen-bond donors (Lipinski definition) is 1. The van der Waals surface area contributed by atoms with E-state index >= 15 is 0 Å². The number of rotatable bonds is 4. The van der Waals surface area contributed by atoms with Crippen LogP contribution in [0.15, 0.2) is 48.0 Å². The second-order valence-electron chi connectivity index (χ2n) is 6.97.